The van der Waals surface area contributed by atoms with E-state index in [1.54, 1.807) is 35.5 Å². The van der Waals surface area contributed by atoms with Crippen molar-refractivity contribution < 1.29 is 14.0 Å². The van der Waals surface area contributed by atoms with Crippen LogP contribution in [0.25, 0.3) is 0 Å². The molecule has 3 rings (SSSR count). The van der Waals surface area contributed by atoms with Crippen LogP contribution in [0.2, 0.25) is 0 Å². The van der Waals surface area contributed by atoms with Crippen LogP contribution in [0.15, 0.2) is 42.7 Å². The van der Waals surface area contributed by atoms with Crippen molar-refractivity contribution in [3.8, 4) is 0 Å². The molecule has 2 aromatic rings. The van der Waals surface area contributed by atoms with E-state index < -0.39 is 0 Å². The predicted molar refractivity (Wildman–Crippen MR) is 93.9 cm³/mol. The van der Waals surface area contributed by atoms with Crippen molar-refractivity contribution in [3.63, 3.8) is 0 Å². The Hall–Kier alpha value is -3.03. The molecule has 0 aliphatic carbocycles. The van der Waals surface area contributed by atoms with Crippen molar-refractivity contribution in [2.45, 2.75) is 6.42 Å². The van der Waals surface area contributed by atoms with Gasteiger partial charge in [0.05, 0.1) is 13.0 Å². The molecule has 8 heteroatoms. The molecule has 0 unspecified atom stereocenters. The molecule has 2 heterocycles. The Morgan fingerprint density at radius 2 is 1.69 bits per heavy atom. The molecular weight excluding hydrogens is 337 g/mol. The topological polar surface area (TPSA) is 78.4 Å². The van der Waals surface area contributed by atoms with Gasteiger partial charge in [0, 0.05) is 38.6 Å². The maximum atomic E-state index is 12.9. The maximum absolute atomic E-state index is 12.9. The van der Waals surface area contributed by atoms with E-state index in [9.17, 15) is 14.0 Å². The van der Waals surface area contributed by atoms with Crippen LogP contribution in [0, 0.1) is 5.82 Å². The van der Waals surface area contributed by atoms with Crippen molar-refractivity contribution in [2.75, 3.05) is 37.6 Å². The Morgan fingerprint density at radius 3 is 2.35 bits per heavy atom. The van der Waals surface area contributed by atoms with E-state index in [0.29, 0.717) is 37.7 Å². The number of carbonyl (C=O) groups is 2. The van der Waals surface area contributed by atoms with Crippen LogP contribution in [-0.4, -0.2) is 59.4 Å². The van der Waals surface area contributed by atoms with E-state index in [1.165, 1.54) is 12.1 Å². The first-order valence-corrected chi connectivity index (χ1v) is 8.43. The van der Waals surface area contributed by atoms with E-state index in [0.717, 1.165) is 0 Å². The smallest absolute Gasteiger partial charge is 0.242 e. The number of hydrogen-bond acceptors (Lipinski definition) is 5. The van der Waals surface area contributed by atoms with Crippen LogP contribution in [0.1, 0.15) is 5.56 Å². The van der Waals surface area contributed by atoms with E-state index in [2.05, 4.69) is 15.3 Å². The number of piperazine rings is 1. The van der Waals surface area contributed by atoms with E-state index in [1.807, 2.05) is 4.90 Å². The predicted octanol–water partition coefficient (Wildman–Crippen LogP) is 0.623. The summed E-state index contributed by atoms with van der Waals surface area (Å²) in [5.41, 5.74) is 0.702. The van der Waals surface area contributed by atoms with Gasteiger partial charge >= 0.3 is 0 Å². The zero-order valence-corrected chi connectivity index (χ0v) is 14.3. The van der Waals surface area contributed by atoms with Crippen molar-refractivity contribution in [1.29, 1.82) is 0 Å². The SMILES string of the molecule is O=C(Cc1ccc(F)cc1)NCC(=O)N1CCN(c2ncccn2)CC1. The third-order valence-electron chi connectivity index (χ3n) is 4.18. The molecule has 26 heavy (non-hydrogen) atoms. The van der Waals surface area contributed by atoms with Gasteiger partial charge in [0.1, 0.15) is 5.82 Å². The second kappa shape index (κ2) is 8.37. The van der Waals surface area contributed by atoms with Crippen LogP contribution >= 0.6 is 0 Å². The molecule has 136 valence electrons. The van der Waals surface area contributed by atoms with Gasteiger partial charge in [-0.1, -0.05) is 12.1 Å². The van der Waals surface area contributed by atoms with Gasteiger partial charge in [-0.3, -0.25) is 9.59 Å². The van der Waals surface area contributed by atoms with Crippen molar-refractivity contribution in [1.82, 2.24) is 20.2 Å². The van der Waals surface area contributed by atoms with Gasteiger partial charge < -0.3 is 15.1 Å². The largest absolute Gasteiger partial charge is 0.347 e. The number of aromatic nitrogens is 2. The minimum atomic E-state index is -0.343. The molecule has 1 aliphatic heterocycles. The summed E-state index contributed by atoms with van der Waals surface area (Å²) in [5.74, 6) is -0.0658. The molecule has 2 amide bonds. The Balaban J connectivity index is 1.41. The van der Waals surface area contributed by atoms with Gasteiger partial charge in [0.25, 0.3) is 0 Å². The lowest BCUT2D eigenvalue weighted by Crippen LogP contribution is -2.51. The number of hydrogen-bond donors (Lipinski definition) is 1. The van der Waals surface area contributed by atoms with Gasteiger partial charge in [-0.05, 0) is 23.8 Å². The number of nitrogens with one attached hydrogen (secondary N) is 1. The lowest BCUT2D eigenvalue weighted by molar-refractivity contribution is -0.133. The molecule has 1 fully saturated rings. The number of amides is 2. The molecule has 1 N–H and O–H groups in total. The highest BCUT2D eigenvalue weighted by Gasteiger charge is 2.22. The minimum Gasteiger partial charge on any atom is -0.347 e. The van der Waals surface area contributed by atoms with E-state index >= 15 is 0 Å². The number of rotatable bonds is 5. The highest BCUT2D eigenvalue weighted by Crippen LogP contribution is 2.09. The number of nitrogens with zero attached hydrogens (tertiary/aromatic N) is 4. The first kappa shape index (κ1) is 17.8. The van der Waals surface area contributed by atoms with Crippen LogP contribution in [0.3, 0.4) is 0 Å². The third kappa shape index (κ3) is 4.75. The normalized spacial score (nSPS) is 14.2. The molecule has 0 spiro atoms. The highest BCUT2D eigenvalue weighted by molar-refractivity contribution is 5.85. The zero-order chi connectivity index (χ0) is 18.4. The number of benzene rings is 1. The quantitative estimate of drug-likeness (QED) is 0.849. The molecule has 0 radical (unpaired) electrons. The molecule has 1 aliphatic rings. The zero-order valence-electron chi connectivity index (χ0n) is 14.3. The minimum absolute atomic E-state index is 0.0398. The van der Waals surface area contributed by atoms with Crippen LogP contribution < -0.4 is 10.2 Å². The summed E-state index contributed by atoms with van der Waals surface area (Å²) < 4.78 is 12.9. The molecule has 0 saturated carbocycles. The van der Waals surface area contributed by atoms with Crippen molar-refractivity contribution >= 4 is 17.8 Å². The Morgan fingerprint density at radius 1 is 1.04 bits per heavy atom. The second-order valence-electron chi connectivity index (χ2n) is 6.00. The van der Waals surface area contributed by atoms with Gasteiger partial charge in [0.15, 0.2) is 0 Å². The van der Waals surface area contributed by atoms with Gasteiger partial charge in [-0.15, -0.1) is 0 Å². The van der Waals surface area contributed by atoms with Crippen molar-refractivity contribution in [3.05, 3.63) is 54.1 Å². The first-order valence-electron chi connectivity index (χ1n) is 8.43. The van der Waals surface area contributed by atoms with Gasteiger partial charge in [-0.2, -0.15) is 0 Å². The average Bonchev–Trinajstić information content (AvgIpc) is 2.69. The summed E-state index contributed by atoms with van der Waals surface area (Å²) in [6.45, 7) is 2.39. The standard InChI is InChI=1S/C18H20FN5O2/c19-15-4-2-14(3-5-15)12-16(25)22-13-17(26)23-8-10-24(11-9-23)18-20-6-1-7-21-18/h1-7H,8-13H2,(H,22,25). The second-order valence-corrected chi connectivity index (χ2v) is 6.00. The fourth-order valence-corrected chi connectivity index (χ4v) is 2.75. The fourth-order valence-electron chi connectivity index (χ4n) is 2.75. The lowest BCUT2D eigenvalue weighted by atomic mass is 10.1. The molecular formula is C18H20FN5O2. The first-order chi connectivity index (χ1) is 12.6. The molecule has 1 saturated heterocycles. The Kier molecular flexibility index (Phi) is 5.73. The summed E-state index contributed by atoms with van der Waals surface area (Å²) in [5, 5.41) is 2.62. The van der Waals surface area contributed by atoms with Crippen LogP contribution in [0.4, 0.5) is 10.3 Å². The van der Waals surface area contributed by atoms with Crippen molar-refractivity contribution in [2.24, 2.45) is 0 Å². The molecule has 0 bridgehead atoms. The molecule has 7 nitrogen and oxygen atoms in total. The summed E-state index contributed by atoms with van der Waals surface area (Å²) in [6, 6.07) is 7.49. The number of halogens is 1. The lowest BCUT2D eigenvalue weighted by Gasteiger charge is -2.34. The Labute approximate surface area is 150 Å². The Bertz CT molecular complexity index is 746. The van der Waals surface area contributed by atoms with Gasteiger partial charge in [0.2, 0.25) is 17.8 Å². The summed E-state index contributed by atoms with van der Waals surface area (Å²) in [4.78, 5) is 36.3. The number of carbonyl (C=O) groups excluding carboxylic acids is 2. The molecule has 1 aromatic heterocycles. The van der Waals surface area contributed by atoms with E-state index in [-0.39, 0.29) is 30.6 Å². The monoisotopic (exact) mass is 357 g/mol. The highest BCUT2D eigenvalue weighted by atomic mass is 19.1. The average molecular weight is 357 g/mol. The maximum Gasteiger partial charge on any atom is 0.242 e. The molecule has 0 atom stereocenters. The van der Waals surface area contributed by atoms with Crippen LogP contribution in [-0.2, 0) is 16.0 Å². The van der Waals surface area contributed by atoms with Crippen LogP contribution in [0.5, 0.6) is 0 Å². The summed E-state index contributed by atoms with van der Waals surface area (Å²) >= 11 is 0. The van der Waals surface area contributed by atoms with E-state index in [4.69, 9.17) is 0 Å². The summed E-state index contributed by atoms with van der Waals surface area (Å²) in [7, 11) is 0. The number of anilines is 1. The van der Waals surface area contributed by atoms with Gasteiger partial charge in [-0.25, -0.2) is 14.4 Å². The summed E-state index contributed by atoms with van der Waals surface area (Å²) in [6.07, 6.45) is 3.50. The molecule has 1 aromatic carbocycles. The fraction of sp³-hybridized carbons (Fsp3) is 0.333. The third-order valence-corrected chi connectivity index (χ3v) is 4.18.